The molecule has 0 aliphatic rings. The van der Waals surface area contributed by atoms with Gasteiger partial charge >= 0.3 is 7.12 Å². The first-order chi connectivity index (χ1) is 10.1. The highest BCUT2D eigenvalue weighted by Crippen LogP contribution is 2.21. The van der Waals surface area contributed by atoms with Crippen LogP contribution in [0.3, 0.4) is 0 Å². The molecule has 0 fully saturated rings. The second-order valence-electron chi connectivity index (χ2n) is 5.41. The summed E-state index contributed by atoms with van der Waals surface area (Å²) in [4.78, 5) is 0. The molecular weight excluding hydrogens is 270 g/mol. The lowest BCUT2D eigenvalue weighted by Crippen LogP contribution is -2.32. The molecule has 1 rings (SSSR count). The molecule has 0 bridgehead atoms. The van der Waals surface area contributed by atoms with Gasteiger partial charge in [-0.15, -0.1) is 0 Å². The molecule has 0 radical (unpaired) electrons. The van der Waals surface area contributed by atoms with Crippen LogP contribution in [0, 0.1) is 5.82 Å². The molecule has 0 amide bonds. The van der Waals surface area contributed by atoms with Crippen molar-refractivity contribution in [3.8, 4) is 5.75 Å². The van der Waals surface area contributed by atoms with E-state index < -0.39 is 12.9 Å². The van der Waals surface area contributed by atoms with Gasteiger partial charge in [0.2, 0.25) is 0 Å². The number of benzene rings is 1. The molecule has 0 saturated carbocycles. The van der Waals surface area contributed by atoms with Crippen LogP contribution in [0.1, 0.15) is 57.4 Å². The van der Waals surface area contributed by atoms with Crippen molar-refractivity contribution in [3.63, 3.8) is 0 Å². The maximum atomic E-state index is 14.2. The number of aryl methyl sites for hydroxylation is 1. The normalized spacial score (nSPS) is 10.7. The first-order valence-electron chi connectivity index (χ1n) is 7.83. The molecule has 0 heterocycles. The highest BCUT2D eigenvalue weighted by Gasteiger charge is 2.21. The lowest BCUT2D eigenvalue weighted by Gasteiger charge is -2.12. The molecule has 0 atom stereocenters. The number of hydrogen-bond acceptors (Lipinski definition) is 3. The minimum absolute atomic E-state index is 0.0644. The van der Waals surface area contributed by atoms with Crippen LogP contribution < -0.4 is 10.2 Å². The van der Waals surface area contributed by atoms with E-state index in [9.17, 15) is 14.4 Å². The molecule has 0 aliphatic carbocycles. The highest BCUT2D eigenvalue weighted by molar-refractivity contribution is 6.59. The third-order valence-corrected chi connectivity index (χ3v) is 3.74. The van der Waals surface area contributed by atoms with E-state index in [1.165, 1.54) is 45.3 Å². The monoisotopic (exact) mass is 296 g/mol. The number of hydrogen-bond donors (Lipinski definition) is 2. The number of methoxy groups -OCH3 is 1. The maximum Gasteiger partial charge on any atom is 0.492 e. The summed E-state index contributed by atoms with van der Waals surface area (Å²) in [7, 11) is -0.385. The van der Waals surface area contributed by atoms with E-state index in [-0.39, 0.29) is 11.2 Å². The minimum Gasteiger partial charge on any atom is -0.494 e. The van der Waals surface area contributed by atoms with Gasteiger partial charge in [0.15, 0.2) is 11.6 Å². The zero-order valence-electron chi connectivity index (χ0n) is 13.1. The smallest absolute Gasteiger partial charge is 0.492 e. The van der Waals surface area contributed by atoms with E-state index in [2.05, 4.69) is 6.92 Å². The topological polar surface area (TPSA) is 49.7 Å². The summed E-state index contributed by atoms with van der Waals surface area (Å²) in [5.74, 6) is -0.542. The van der Waals surface area contributed by atoms with Crippen molar-refractivity contribution in [3.05, 3.63) is 23.5 Å². The van der Waals surface area contributed by atoms with Gasteiger partial charge in [-0.05, 0) is 18.4 Å². The number of rotatable bonds is 10. The Morgan fingerprint density at radius 2 is 1.67 bits per heavy atom. The fourth-order valence-corrected chi connectivity index (χ4v) is 2.49. The van der Waals surface area contributed by atoms with Gasteiger partial charge in [-0.1, -0.05) is 57.6 Å². The Hall–Kier alpha value is -1.07. The molecule has 0 aliphatic heterocycles. The van der Waals surface area contributed by atoms with Crippen molar-refractivity contribution in [2.24, 2.45) is 0 Å². The van der Waals surface area contributed by atoms with E-state index in [1.54, 1.807) is 6.07 Å². The third kappa shape index (κ3) is 5.67. The van der Waals surface area contributed by atoms with E-state index in [4.69, 9.17) is 4.74 Å². The van der Waals surface area contributed by atoms with Gasteiger partial charge < -0.3 is 14.8 Å². The Balaban J connectivity index is 2.49. The Morgan fingerprint density at radius 3 is 2.24 bits per heavy atom. The van der Waals surface area contributed by atoms with Gasteiger partial charge in [-0.3, -0.25) is 0 Å². The number of ether oxygens (including phenoxy) is 1. The van der Waals surface area contributed by atoms with Gasteiger partial charge in [-0.25, -0.2) is 4.39 Å². The van der Waals surface area contributed by atoms with Gasteiger partial charge in [-0.2, -0.15) is 0 Å². The van der Waals surface area contributed by atoms with E-state index in [1.807, 2.05) is 0 Å². The average molecular weight is 296 g/mol. The van der Waals surface area contributed by atoms with Gasteiger partial charge in [0, 0.05) is 5.46 Å². The lowest BCUT2D eigenvalue weighted by atomic mass is 9.78. The first-order valence-corrected chi connectivity index (χ1v) is 7.83. The van der Waals surface area contributed by atoms with Crippen LogP contribution in [-0.2, 0) is 6.42 Å². The Kier molecular flexibility index (Phi) is 8.39. The molecule has 0 spiro atoms. The van der Waals surface area contributed by atoms with Crippen LogP contribution >= 0.6 is 0 Å². The Morgan fingerprint density at radius 1 is 1.05 bits per heavy atom. The molecule has 1 aromatic rings. The minimum atomic E-state index is -1.72. The Labute approximate surface area is 127 Å². The van der Waals surface area contributed by atoms with Crippen molar-refractivity contribution in [2.45, 2.75) is 58.3 Å². The summed E-state index contributed by atoms with van der Waals surface area (Å²) in [6.07, 6.45) is 8.93. The molecule has 0 aromatic heterocycles. The fourth-order valence-electron chi connectivity index (χ4n) is 2.49. The summed E-state index contributed by atoms with van der Waals surface area (Å²) >= 11 is 0. The molecule has 1 aromatic carbocycles. The molecule has 5 heteroatoms. The predicted octanol–water partition coefficient (Wildman–Crippen LogP) is 2.81. The van der Waals surface area contributed by atoms with Crippen LogP contribution in [0.25, 0.3) is 0 Å². The first kappa shape index (κ1) is 18.0. The van der Waals surface area contributed by atoms with Crippen LogP contribution in [0.5, 0.6) is 5.75 Å². The van der Waals surface area contributed by atoms with Crippen molar-refractivity contribution < 1.29 is 19.2 Å². The standard InChI is InChI=1S/C16H26BFO3/c1-3-4-5-6-7-8-9-10-13-11-12-14(17(19)20)16(21-2)15(13)18/h11-12,19-20H,3-10H2,1-2H3. The van der Waals surface area contributed by atoms with Crippen molar-refractivity contribution in [1.29, 1.82) is 0 Å². The summed E-state index contributed by atoms with van der Waals surface area (Å²) in [5.41, 5.74) is 0.642. The molecule has 21 heavy (non-hydrogen) atoms. The SMILES string of the molecule is CCCCCCCCCc1ccc(B(O)O)c(OC)c1F. The second kappa shape index (κ2) is 9.80. The van der Waals surface area contributed by atoms with E-state index >= 15 is 0 Å². The number of unbranched alkanes of at least 4 members (excludes halogenated alkanes) is 6. The average Bonchev–Trinajstić information content (AvgIpc) is 2.47. The van der Waals surface area contributed by atoms with Crippen molar-refractivity contribution >= 4 is 12.6 Å². The van der Waals surface area contributed by atoms with Gasteiger partial charge in [0.25, 0.3) is 0 Å². The molecule has 2 N–H and O–H groups in total. The lowest BCUT2D eigenvalue weighted by molar-refractivity contribution is 0.379. The largest absolute Gasteiger partial charge is 0.494 e. The Bertz CT molecular complexity index is 424. The van der Waals surface area contributed by atoms with Gasteiger partial charge in [0.1, 0.15) is 0 Å². The fraction of sp³-hybridized carbons (Fsp3) is 0.625. The van der Waals surface area contributed by atoms with E-state index in [0.29, 0.717) is 12.0 Å². The van der Waals surface area contributed by atoms with Crippen molar-refractivity contribution in [2.75, 3.05) is 7.11 Å². The molecule has 0 saturated heterocycles. The zero-order chi connectivity index (χ0) is 15.7. The molecule has 3 nitrogen and oxygen atoms in total. The summed E-state index contributed by atoms with van der Waals surface area (Å²) in [6.45, 7) is 2.20. The van der Waals surface area contributed by atoms with Crippen LogP contribution in [0.4, 0.5) is 4.39 Å². The second-order valence-corrected chi connectivity index (χ2v) is 5.41. The van der Waals surface area contributed by atoms with Crippen LogP contribution in [0.15, 0.2) is 12.1 Å². The summed E-state index contributed by atoms with van der Waals surface area (Å²) < 4.78 is 19.2. The quantitative estimate of drug-likeness (QED) is 0.515. The summed E-state index contributed by atoms with van der Waals surface area (Å²) in [5, 5.41) is 18.4. The maximum absolute atomic E-state index is 14.2. The van der Waals surface area contributed by atoms with Gasteiger partial charge in [0.05, 0.1) is 7.11 Å². The summed E-state index contributed by atoms with van der Waals surface area (Å²) in [6, 6.07) is 3.13. The predicted molar refractivity (Wildman–Crippen MR) is 84.5 cm³/mol. The van der Waals surface area contributed by atoms with Crippen molar-refractivity contribution in [1.82, 2.24) is 0 Å². The highest BCUT2D eigenvalue weighted by atomic mass is 19.1. The van der Waals surface area contributed by atoms with Crippen LogP contribution in [-0.4, -0.2) is 24.3 Å². The van der Waals surface area contributed by atoms with E-state index in [0.717, 1.165) is 12.8 Å². The molecular formula is C16H26BFO3. The zero-order valence-corrected chi connectivity index (χ0v) is 13.1. The molecule has 118 valence electrons. The molecule has 0 unspecified atom stereocenters. The number of halogens is 1. The third-order valence-electron chi connectivity index (χ3n) is 3.74. The van der Waals surface area contributed by atoms with Crippen LogP contribution in [0.2, 0.25) is 0 Å².